The molecule has 2 N–H and O–H groups in total. The van der Waals surface area contributed by atoms with Gasteiger partial charge in [0.2, 0.25) is 0 Å². The molecule has 4 nitrogen and oxygen atoms in total. The van der Waals surface area contributed by atoms with Crippen molar-refractivity contribution in [2.75, 3.05) is 24.5 Å². The minimum atomic E-state index is -0.892. The van der Waals surface area contributed by atoms with Crippen LogP contribution in [0.3, 0.4) is 0 Å². The molecule has 4 heteroatoms. The Labute approximate surface area is 136 Å². The second kappa shape index (κ2) is 6.84. The third-order valence-electron chi connectivity index (χ3n) is 4.36. The van der Waals surface area contributed by atoms with E-state index in [1.807, 2.05) is 49.4 Å². The number of nitrogens with zero attached hydrogens (tertiary/aromatic N) is 1. The lowest BCUT2D eigenvalue weighted by Gasteiger charge is -2.25. The van der Waals surface area contributed by atoms with Gasteiger partial charge in [-0.25, -0.2) is 4.79 Å². The number of hydrogen-bond acceptors (Lipinski definition) is 2. The first-order chi connectivity index (χ1) is 11.1. The van der Waals surface area contributed by atoms with Crippen molar-refractivity contribution in [1.82, 2.24) is 5.32 Å². The largest absolute Gasteiger partial charge is 0.465 e. The monoisotopic (exact) mass is 310 g/mol. The molecule has 3 rings (SSSR count). The number of carboxylic acid groups (broad SMARTS) is 1. The Kier molecular flexibility index (Phi) is 4.63. The summed E-state index contributed by atoms with van der Waals surface area (Å²) in [5.74, 6) is 0.372. The average Bonchev–Trinajstić information content (AvgIpc) is 3.05. The molecule has 1 aliphatic heterocycles. The molecule has 1 heterocycles. The first-order valence-electron chi connectivity index (χ1n) is 8.02. The number of amides is 1. The lowest BCUT2D eigenvalue weighted by Crippen LogP contribution is -2.35. The molecule has 23 heavy (non-hydrogen) atoms. The van der Waals surface area contributed by atoms with Crippen LogP contribution in [0.4, 0.5) is 10.5 Å². The summed E-state index contributed by atoms with van der Waals surface area (Å²) in [4.78, 5) is 13.3. The molecule has 2 aromatic carbocycles. The molecule has 120 valence electrons. The number of carbonyl (C=O) groups is 1. The van der Waals surface area contributed by atoms with Gasteiger partial charge in [-0.15, -0.1) is 0 Å². The SMILES string of the molecule is Cc1cccc(-c2ccccc2N(CC2CCNC2)C(=O)O)c1. The zero-order valence-corrected chi connectivity index (χ0v) is 13.3. The lowest BCUT2D eigenvalue weighted by atomic mass is 10.0. The molecule has 0 aromatic heterocycles. The van der Waals surface area contributed by atoms with Crippen molar-refractivity contribution in [3.8, 4) is 11.1 Å². The molecule has 1 amide bonds. The quantitative estimate of drug-likeness (QED) is 0.904. The molecule has 0 spiro atoms. The van der Waals surface area contributed by atoms with Gasteiger partial charge in [0.15, 0.2) is 0 Å². The van der Waals surface area contributed by atoms with Crippen molar-refractivity contribution < 1.29 is 9.90 Å². The Morgan fingerprint density at radius 3 is 2.78 bits per heavy atom. The molecule has 0 saturated carbocycles. The van der Waals surface area contributed by atoms with Gasteiger partial charge in [-0.3, -0.25) is 4.90 Å². The van der Waals surface area contributed by atoms with Crippen molar-refractivity contribution >= 4 is 11.8 Å². The van der Waals surface area contributed by atoms with Crippen LogP contribution in [0.2, 0.25) is 0 Å². The van der Waals surface area contributed by atoms with E-state index in [0.717, 1.165) is 36.3 Å². The van der Waals surface area contributed by atoms with Gasteiger partial charge in [0.05, 0.1) is 5.69 Å². The summed E-state index contributed by atoms with van der Waals surface area (Å²) in [6.07, 6.45) is 0.133. The minimum absolute atomic E-state index is 0.372. The first-order valence-corrected chi connectivity index (χ1v) is 8.02. The van der Waals surface area contributed by atoms with Gasteiger partial charge in [-0.05, 0) is 44.0 Å². The lowest BCUT2D eigenvalue weighted by molar-refractivity contribution is 0.200. The fraction of sp³-hybridized carbons (Fsp3) is 0.316. The summed E-state index contributed by atoms with van der Waals surface area (Å²) < 4.78 is 0. The van der Waals surface area contributed by atoms with Crippen LogP contribution in [-0.2, 0) is 0 Å². The van der Waals surface area contributed by atoms with Crippen molar-refractivity contribution in [2.45, 2.75) is 13.3 Å². The Balaban J connectivity index is 1.98. The molecule has 1 aliphatic rings. The van der Waals surface area contributed by atoms with E-state index in [0.29, 0.717) is 12.5 Å². The van der Waals surface area contributed by atoms with E-state index in [2.05, 4.69) is 11.4 Å². The van der Waals surface area contributed by atoms with Crippen LogP contribution in [-0.4, -0.2) is 30.8 Å². The molecule has 0 radical (unpaired) electrons. The smallest absolute Gasteiger partial charge is 0.411 e. The van der Waals surface area contributed by atoms with Crippen molar-refractivity contribution in [1.29, 1.82) is 0 Å². The van der Waals surface area contributed by atoms with Gasteiger partial charge in [0.25, 0.3) is 0 Å². The van der Waals surface area contributed by atoms with Crippen molar-refractivity contribution in [3.63, 3.8) is 0 Å². The van der Waals surface area contributed by atoms with E-state index < -0.39 is 6.09 Å². The number of nitrogens with one attached hydrogen (secondary N) is 1. The predicted molar refractivity (Wildman–Crippen MR) is 93.0 cm³/mol. The fourth-order valence-corrected chi connectivity index (χ4v) is 3.17. The van der Waals surface area contributed by atoms with Gasteiger partial charge in [-0.2, -0.15) is 0 Å². The Hall–Kier alpha value is -2.33. The summed E-state index contributed by atoms with van der Waals surface area (Å²) in [6, 6.07) is 15.9. The third-order valence-corrected chi connectivity index (χ3v) is 4.36. The standard InChI is InChI=1S/C19H22N2O2/c1-14-5-4-6-16(11-14)17-7-2-3-8-18(17)21(19(22)23)13-15-9-10-20-12-15/h2-8,11,15,20H,9-10,12-13H2,1H3,(H,22,23). The Bertz CT molecular complexity index is 693. The zero-order valence-electron chi connectivity index (χ0n) is 13.3. The summed E-state index contributed by atoms with van der Waals surface area (Å²) in [5, 5.41) is 13.0. The Morgan fingerprint density at radius 1 is 1.26 bits per heavy atom. The van der Waals surface area contributed by atoms with Gasteiger partial charge in [-0.1, -0.05) is 48.0 Å². The maximum absolute atomic E-state index is 11.8. The second-order valence-electron chi connectivity index (χ2n) is 6.14. The molecule has 0 bridgehead atoms. The molecule has 1 saturated heterocycles. The van der Waals surface area contributed by atoms with Crippen LogP contribution in [0, 0.1) is 12.8 Å². The highest BCUT2D eigenvalue weighted by molar-refractivity contribution is 5.92. The predicted octanol–water partition coefficient (Wildman–Crippen LogP) is 3.76. The van der Waals surface area contributed by atoms with E-state index in [1.165, 1.54) is 10.5 Å². The highest BCUT2D eigenvalue weighted by atomic mass is 16.4. The highest BCUT2D eigenvalue weighted by Crippen LogP contribution is 2.32. The van der Waals surface area contributed by atoms with Crippen molar-refractivity contribution in [3.05, 3.63) is 54.1 Å². The van der Waals surface area contributed by atoms with Crippen LogP contribution < -0.4 is 10.2 Å². The van der Waals surface area contributed by atoms with Crippen LogP contribution in [0.15, 0.2) is 48.5 Å². The fourth-order valence-electron chi connectivity index (χ4n) is 3.17. The van der Waals surface area contributed by atoms with E-state index in [-0.39, 0.29) is 0 Å². The number of hydrogen-bond donors (Lipinski definition) is 2. The maximum atomic E-state index is 11.8. The molecular weight excluding hydrogens is 288 g/mol. The highest BCUT2D eigenvalue weighted by Gasteiger charge is 2.24. The van der Waals surface area contributed by atoms with Crippen LogP contribution in [0.25, 0.3) is 11.1 Å². The number of benzene rings is 2. The van der Waals surface area contributed by atoms with Gasteiger partial charge >= 0.3 is 6.09 Å². The summed E-state index contributed by atoms with van der Waals surface area (Å²) >= 11 is 0. The summed E-state index contributed by atoms with van der Waals surface area (Å²) in [5.41, 5.74) is 3.94. The zero-order chi connectivity index (χ0) is 16.2. The molecule has 1 unspecified atom stereocenters. The minimum Gasteiger partial charge on any atom is -0.465 e. The molecule has 2 aromatic rings. The van der Waals surface area contributed by atoms with Gasteiger partial charge < -0.3 is 10.4 Å². The van der Waals surface area contributed by atoms with Crippen LogP contribution in [0.5, 0.6) is 0 Å². The normalized spacial score (nSPS) is 17.2. The van der Waals surface area contributed by atoms with E-state index in [4.69, 9.17) is 0 Å². The van der Waals surface area contributed by atoms with E-state index in [1.54, 1.807) is 0 Å². The molecular formula is C19H22N2O2. The topological polar surface area (TPSA) is 52.6 Å². The van der Waals surface area contributed by atoms with E-state index >= 15 is 0 Å². The van der Waals surface area contributed by atoms with E-state index in [9.17, 15) is 9.90 Å². The van der Waals surface area contributed by atoms with Gasteiger partial charge in [0, 0.05) is 12.1 Å². The number of para-hydroxylation sites is 1. The number of anilines is 1. The first kappa shape index (κ1) is 15.6. The van der Waals surface area contributed by atoms with Crippen molar-refractivity contribution in [2.24, 2.45) is 5.92 Å². The maximum Gasteiger partial charge on any atom is 0.411 e. The molecule has 0 aliphatic carbocycles. The molecule has 1 fully saturated rings. The Morgan fingerprint density at radius 2 is 2.09 bits per heavy atom. The summed E-state index contributed by atoms with van der Waals surface area (Å²) in [7, 11) is 0. The number of aryl methyl sites for hydroxylation is 1. The second-order valence-corrected chi connectivity index (χ2v) is 6.14. The summed E-state index contributed by atoms with van der Waals surface area (Å²) in [6.45, 7) is 4.44. The van der Waals surface area contributed by atoms with Gasteiger partial charge in [0.1, 0.15) is 0 Å². The molecule has 1 atom stereocenters. The average molecular weight is 310 g/mol. The van der Waals surface area contributed by atoms with Crippen LogP contribution >= 0.6 is 0 Å². The number of rotatable bonds is 4. The van der Waals surface area contributed by atoms with Crippen LogP contribution in [0.1, 0.15) is 12.0 Å². The third kappa shape index (κ3) is 3.54.